The minimum atomic E-state index is -0.389. The first kappa shape index (κ1) is 14.0. The van der Waals surface area contributed by atoms with Gasteiger partial charge in [0.25, 0.3) is 0 Å². The number of carbonyl (C=O) groups is 1. The van der Waals surface area contributed by atoms with E-state index in [2.05, 4.69) is 10.6 Å². The van der Waals surface area contributed by atoms with Crippen LogP contribution in [0.2, 0.25) is 0 Å². The summed E-state index contributed by atoms with van der Waals surface area (Å²) in [6.45, 7) is 0.633. The lowest BCUT2D eigenvalue weighted by Gasteiger charge is -2.07. The van der Waals surface area contributed by atoms with Crippen molar-refractivity contribution < 1.29 is 14.3 Å². The summed E-state index contributed by atoms with van der Waals surface area (Å²) in [6.07, 6.45) is 0. The van der Waals surface area contributed by atoms with Crippen LogP contribution in [0.1, 0.15) is 5.56 Å². The molecule has 0 aliphatic carbocycles. The number of anilines is 1. The zero-order valence-corrected chi connectivity index (χ0v) is 10.8. The molecule has 2 aromatic rings. The molecule has 0 saturated heterocycles. The average molecular weight is 274 g/mol. The molecule has 0 heterocycles. The molecule has 2 rings (SSSR count). The van der Waals surface area contributed by atoms with E-state index in [-0.39, 0.29) is 24.0 Å². The summed E-state index contributed by atoms with van der Waals surface area (Å²) in [6, 6.07) is 12.5. The highest BCUT2D eigenvalue weighted by atomic mass is 19.1. The van der Waals surface area contributed by atoms with Gasteiger partial charge in [0.1, 0.15) is 11.6 Å². The number of carbonyl (C=O) groups excluding carboxylic acids is 1. The predicted molar refractivity (Wildman–Crippen MR) is 74.8 cm³/mol. The molecule has 0 saturated carbocycles. The number of hydrogen-bond donors (Lipinski definition) is 3. The standard InChI is InChI=1S/C15H15FN2O2/c16-12-2-1-3-13(8-12)18-15(20)10-17-9-11-4-6-14(19)7-5-11/h1-8,17,19H,9-10H2,(H,18,20). The molecule has 0 aliphatic rings. The van der Waals surface area contributed by atoms with Crippen LogP contribution in [-0.4, -0.2) is 17.6 Å². The fourth-order valence-electron chi connectivity index (χ4n) is 1.71. The highest BCUT2D eigenvalue weighted by Crippen LogP contribution is 2.10. The molecule has 0 aliphatic heterocycles. The Labute approximate surface area is 116 Å². The molecule has 4 nitrogen and oxygen atoms in total. The van der Waals surface area contributed by atoms with E-state index in [1.165, 1.54) is 18.2 Å². The molecule has 0 aromatic heterocycles. The van der Waals surface area contributed by atoms with Crippen LogP contribution < -0.4 is 10.6 Å². The first-order chi connectivity index (χ1) is 9.63. The molecule has 0 spiro atoms. The second kappa shape index (κ2) is 6.68. The van der Waals surface area contributed by atoms with Gasteiger partial charge in [0.05, 0.1) is 6.54 Å². The summed E-state index contributed by atoms with van der Waals surface area (Å²) in [5.74, 6) is -0.424. The number of rotatable bonds is 5. The maximum Gasteiger partial charge on any atom is 0.238 e. The van der Waals surface area contributed by atoms with Gasteiger partial charge < -0.3 is 15.7 Å². The van der Waals surface area contributed by atoms with Gasteiger partial charge >= 0.3 is 0 Å². The molecular weight excluding hydrogens is 259 g/mol. The SMILES string of the molecule is O=C(CNCc1ccc(O)cc1)Nc1cccc(F)c1. The number of amides is 1. The maximum absolute atomic E-state index is 12.9. The van der Waals surface area contributed by atoms with Gasteiger partial charge in [0.15, 0.2) is 0 Å². The molecule has 0 unspecified atom stereocenters. The number of phenolic OH excluding ortho intramolecular Hbond substituents is 1. The fourth-order valence-corrected chi connectivity index (χ4v) is 1.71. The Kier molecular flexibility index (Phi) is 4.68. The molecule has 0 bridgehead atoms. The number of benzene rings is 2. The van der Waals surface area contributed by atoms with Crippen molar-refractivity contribution in [1.82, 2.24) is 5.32 Å². The molecule has 5 heteroatoms. The van der Waals surface area contributed by atoms with Crippen LogP contribution >= 0.6 is 0 Å². The third kappa shape index (κ3) is 4.37. The molecular formula is C15H15FN2O2. The van der Waals surface area contributed by atoms with Crippen LogP contribution in [0.15, 0.2) is 48.5 Å². The second-order valence-electron chi connectivity index (χ2n) is 4.33. The summed E-state index contributed by atoms with van der Waals surface area (Å²) < 4.78 is 12.9. The summed E-state index contributed by atoms with van der Waals surface area (Å²) in [5.41, 5.74) is 1.39. The maximum atomic E-state index is 12.9. The molecule has 1 amide bonds. The van der Waals surface area contributed by atoms with E-state index >= 15 is 0 Å². The van der Waals surface area contributed by atoms with Gasteiger partial charge in [-0.1, -0.05) is 18.2 Å². The highest BCUT2D eigenvalue weighted by molar-refractivity contribution is 5.92. The first-order valence-electron chi connectivity index (χ1n) is 6.17. The lowest BCUT2D eigenvalue weighted by Crippen LogP contribution is -2.27. The summed E-state index contributed by atoms with van der Waals surface area (Å²) in [5, 5.41) is 14.7. The number of phenols is 1. The van der Waals surface area contributed by atoms with Gasteiger partial charge in [-0.3, -0.25) is 4.79 Å². The van der Waals surface area contributed by atoms with Gasteiger partial charge in [0.2, 0.25) is 5.91 Å². The largest absolute Gasteiger partial charge is 0.508 e. The van der Waals surface area contributed by atoms with Crippen LogP contribution in [-0.2, 0) is 11.3 Å². The lowest BCUT2D eigenvalue weighted by atomic mass is 10.2. The van der Waals surface area contributed by atoms with E-state index in [0.29, 0.717) is 12.2 Å². The second-order valence-corrected chi connectivity index (χ2v) is 4.33. The average Bonchev–Trinajstić information content (AvgIpc) is 2.41. The first-order valence-corrected chi connectivity index (χ1v) is 6.17. The lowest BCUT2D eigenvalue weighted by molar-refractivity contribution is -0.115. The predicted octanol–water partition coefficient (Wildman–Crippen LogP) is 2.26. The van der Waals surface area contributed by atoms with Crippen molar-refractivity contribution in [2.24, 2.45) is 0 Å². The topological polar surface area (TPSA) is 61.4 Å². The molecule has 0 radical (unpaired) electrons. The molecule has 0 atom stereocenters. The van der Waals surface area contributed by atoms with E-state index in [9.17, 15) is 9.18 Å². The van der Waals surface area contributed by atoms with Crippen LogP contribution in [0, 0.1) is 5.82 Å². The molecule has 104 valence electrons. The van der Waals surface area contributed by atoms with E-state index < -0.39 is 0 Å². The van der Waals surface area contributed by atoms with Gasteiger partial charge in [0, 0.05) is 12.2 Å². The number of aromatic hydroxyl groups is 1. The van der Waals surface area contributed by atoms with E-state index in [4.69, 9.17) is 5.11 Å². The third-order valence-electron chi connectivity index (χ3n) is 2.66. The Bertz CT molecular complexity index is 585. The van der Waals surface area contributed by atoms with Crippen molar-refractivity contribution in [2.45, 2.75) is 6.54 Å². The Morgan fingerprint density at radius 1 is 1.15 bits per heavy atom. The monoisotopic (exact) mass is 274 g/mol. The van der Waals surface area contributed by atoms with Gasteiger partial charge in [-0.25, -0.2) is 4.39 Å². The summed E-state index contributed by atoms with van der Waals surface area (Å²) >= 11 is 0. The van der Waals surface area contributed by atoms with Crippen LogP contribution in [0.3, 0.4) is 0 Å². The summed E-state index contributed by atoms with van der Waals surface area (Å²) in [4.78, 5) is 11.6. The van der Waals surface area contributed by atoms with Crippen LogP contribution in [0.25, 0.3) is 0 Å². The van der Waals surface area contributed by atoms with E-state index in [1.54, 1.807) is 30.3 Å². The zero-order chi connectivity index (χ0) is 14.4. The Balaban J connectivity index is 1.76. The normalized spacial score (nSPS) is 10.2. The molecule has 20 heavy (non-hydrogen) atoms. The van der Waals surface area contributed by atoms with Crippen molar-refractivity contribution in [3.63, 3.8) is 0 Å². The Morgan fingerprint density at radius 3 is 2.60 bits per heavy atom. The van der Waals surface area contributed by atoms with Gasteiger partial charge in [-0.15, -0.1) is 0 Å². The van der Waals surface area contributed by atoms with Crippen molar-refractivity contribution in [1.29, 1.82) is 0 Å². The van der Waals surface area contributed by atoms with Gasteiger partial charge in [-0.05, 0) is 35.9 Å². The van der Waals surface area contributed by atoms with Crippen LogP contribution in [0.4, 0.5) is 10.1 Å². The Morgan fingerprint density at radius 2 is 1.90 bits per heavy atom. The minimum absolute atomic E-state index is 0.122. The van der Waals surface area contributed by atoms with Crippen molar-refractivity contribution in [3.8, 4) is 5.75 Å². The quantitative estimate of drug-likeness (QED) is 0.783. The number of halogens is 1. The van der Waals surface area contributed by atoms with Crippen molar-refractivity contribution >= 4 is 11.6 Å². The molecule has 0 fully saturated rings. The molecule has 2 aromatic carbocycles. The van der Waals surface area contributed by atoms with Crippen LogP contribution in [0.5, 0.6) is 5.75 Å². The number of nitrogens with one attached hydrogen (secondary N) is 2. The fraction of sp³-hybridized carbons (Fsp3) is 0.133. The zero-order valence-electron chi connectivity index (χ0n) is 10.8. The highest BCUT2D eigenvalue weighted by Gasteiger charge is 2.02. The Hall–Kier alpha value is -2.40. The van der Waals surface area contributed by atoms with E-state index in [0.717, 1.165) is 5.56 Å². The molecule has 3 N–H and O–H groups in total. The summed E-state index contributed by atoms with van der Waals surface area (Å²) in [7, 11) is 0. The van der Waals surface area contributed by atoms with E-state index in [1.807, 2.05) is 0 Å². The smallest absolute Gasteiger partial charge is 0.238 e. The van der Waals surface area contributed by atoms with Crippen molar-refractivity contribution in [2.75, 3.05) is 11.9 Å². The number of hydrogen-bond acceptors (Lipinski definition) is 3. The minimum Gasteiger partial charge on any atom is -0.508 e. The van der Waals surface area contributed by atoms with Crippen molar-refractivity contribution in [3.05, 3.63) is 59.9 Å². The third-order valence-corrected chi connectivity index (χ3v) is 2.66. The van der Waals surface area contributed by atoms with Gasteiger partial charge in [-0.2, -0.15) is 0 Å².